The van der Waals surface area contributed by atoms with Gasteiger partial charge in [-0.3, -0.25) is 0 Å². The molecule has 1 N–H and O–H groups in total. The Morgan fingerprint density at radius 3 is 3.00 bits per heavy atom. The van der Waals surface area contributed by atoms with Crippen molar-refractivity contribution in [3.05, 3.63) is 16.6 Å². The summed E-state index contributed by atoms with van der Waals surface area (Å²) in [4.78, 5) is 4.38. The summed E-state index contributed by atoms with van der Waals surface area (Å²) in [5, 5.41) is 6.91. The van der Waals surface area contributed by atoms with E-state index in [0.29, 0.717) is 6.04 Å². The zero-order valence-corrected chi connectivity index (χ0v) is 10.6. The minimum atomic E-state index is 0.569. The van der Waals surface area contributed by atoms with E-state index in [-0.39, 0.29) is 0 Å². The molecule has 1 fully saturated rings. The molecule has 0 bridgehead atoms. The van der Waals surface area contributed by atoms with Crippen LogP contribution in [-0.2, 0) is 11.2 Å². The van der Waals surface area contributed by atoms with Crippen LogP contribution in [0.25, 0.3) is 0 Å². The highest BCUT2D eigenvalue weighted by Crippen LogP contribution is 2.22. The molecule has 0 aromatic carbocycles. The summed E-state index contributed by atoms with van der Waals surface area (Å²) in [6, 6.07) is 0.569. The molecule has 2 heterocycles. The van der Waals surface area contributed by atoms with E-state index in [4.69, 9.17) is 4.74 Å². The predicted octanol–water partition coefficient (Wildman–Crippen LogP) is 2.09. The van der Waals surface area contributed by atoms with Gasteiger partial charge in [-0.1, -0.05) is 6.92 Å². The second-order valence-electron chi connectivity index (χ2n) is 4.24. The van der Waals surface area contributed by atoms with Crippen LogP contribution < -0.4 is 5.32 Å². The van der Waals surface area contributed by atoms with E-state index >= 15 is 0 Å². The van der Waals surface area contributed by atoms with Crippen LogP contribution in [0.2, 0.25) is 0 Å². The van der Waals surface area contributed by atoms with Crippen LogP contribution in [0.3, 0.4) is 0 Å². The van der Waals surface area contributed by atoms with Crippen LogP contribution >= 0.6 is 11.3 Å². The number of aromatic nitrogens is 1. The molecule has 0 saturated carbocycles. The van der Waals surface area contributed by atoms with Gasteiger partial charge in [0.15, 0.2) is 0 Å². The molecule has 3 nitrogen and oxygen atoms in total. The molecule has 1 unspecified atom stereocenters. The van der Waals surface area contributed by atoms with Gasteiger partial charge in [0, 0.05) is 37.3 Å². The Labute approximate surface area is 101 Å². The molecule has 1 atom stereocenters. The van der Waals surface area contributed by atoms with Crippen LogP contribution in [0.5, 0.6) is 0 Å². The Hall–Kier alpha value is -0.450. The smallest absolute Gasteiger partial charge is 0.0940 e. The van der Waals surface area contributed by atoms with E-state index in [1.54, 1.807) is 11.3 Å². The summed E-state index contributed by atoms with van der Waals surface area (Å²) >= 11 is 1.76. The number of likely N-dealkylation sites (N-methyl/N-ethyl adjacent to an activating group) is 1. The number of rotatable bonds is 5. The maximum atomic E-state index is 5.42. The molecule has 1 saturated heterocycles. The monoisotopic (exact) mass is 240 g/mol. The second-order valence-corrected chi connectivity index (χ2v) is 5.22. The minimum absolute atomic E-state index is 0.569. The van der Waals surface area contributed by atoms with Crippen LogP contribution in [0.15, 0.2) is 11.6 Å². The fourth-order valence-electron chi connectivity index (χ4n) is 2.33. The highest BCUT2D eigenvalue weighted by molar-refractivity contribution is 7.09. The highest BCUT2D eigenvalue weighted by Gasteiger charge is 2.24. The van der Waals surface area contributed by atoms with Gasteiger partial charge < -0.3 is 10.1 Å². The van der Waals surface area contributed by atoms with E-state index in [2.05, 4.69) is 22.6 Å². The average Bonchev–Trinajstić information content (AvgIpc) is 2.83. The van der Waals surface area contributed by atoms with Gasteiger partial charge in [0.2, 0.25) is 0 Å². The van der Waals surface area contributed by atoms with Gasteiger partial charge in [-0.2, -0.15) is 0 Å². The topological polar surface area (TPSA) is 34.2 Å². The Morgan fingerprint density at radius 1 is 1.56 bits per heavy atom. The van der Waals surface area contributed by atoms with Crippen molar-refractivity contribution in [1.82, 2.24) is 10.3 Å². The first-order valence-electron chi connectivity index (χ1n) is 6.09. The lowest BCUT2D eigenvalue weighted by molar-refractivity contribution is 0.0540. The van der Waals surface area contributed by atoms with Crippen LogP contribution in [0, 0.1) is 5.92 Å². The SMILES string of the molecule is CCNC(Cc1nccs1)C1CCOCC1. The Bertz CT molecular complexity index is 283. The number of hydrogen-bond donors (Lipinski definition) is 1. The number of nitrogens with one attached hydrogen (secondary N) is 1. The Kier molecular flexibility index (Phi) is 4.75. The molecule has 0 aliphatic carbocycles. The van der Waals surface area contributed by atoms with Gasteiger partial charge in [-0.25, -0.2) is 4.98 Å². The first-order chi connectivity index (χ1) is 7.90. The predicted molar refractivity (Wildman–Crippen MR) is 66.8 cm³/mol. The molecular weight excluding hydrogens is 220 g/mol. The van der Waals surface area contributed by atoms with Gasteiger partial charge in [0.25, 0.3) is 0 Å². The molecule has 16 heavy (non-hydrogen) atoms. The Balaban J connectivity index is 1.92. The third-order valence-electron chi connectivity index (χ3n) is 3.18. The van der Waals surface area contributed by atoms with Crippen LogP contribution in [0.4, 0.5) is 0 Å². The molecule has 0 amide bonds. The zero-order chi connectivity index (χ0) is 11.2. The fourth-order valence-corrected chi connectivity index (χ4v) is 3.00. The summed E-state index contributed by atoms with van der Waals surface area (Å²) in [5.74, 6) is 0.748. The minimum Gasteiger partial charge on any atom is -0.381 e. The first-order valence-corrected chi connectivity index (χ1v) is 6.97. The van der Waals surface area contributed by atoms with E-state index in [1.807, 2.05) is 6.20 Å². The van der Waals surface area contributed by atoms with Crippen molar-refractivity contribution >= 4 is 11.3 Å². The normalized spacial score (nSPS) is 19.8. The molecule has 1 aromatic rings. The molecule has 0 spiro atoms. The molecule has 90 valence electrons. The van der Waals surface area contributed by atoms with Crippen molar-refractivity contribution in [2.45, 2.75) is 32.2 Å². The van der Waals surface area contributed by atoms with Crippen molar-refractivity contribution in [2.24, 2.45) is 5.92 Å². The second kappa shape index (κ2) is 6.33. The molecule has 4 heteroatoms. The van der Waals surface area contributed by atoms with Crippen molar-refractivity contribution in [3.8, 4) is 0 Å². The van der Waals surface area contributed by atoms with Crippen molar-refractivity contribution in [2.75, 3.05) is 19.8 Å². The molecule has 1 aromatic heterocycles. The van der Waals surface area contributed by atoms with Gasteiger partial charge in [0.05, 0.1) is 5.01 Å². The molecule has 1 aliphatic heterocycles. The van der Waals surface area contributed by atoms with Crippen molar-refractivity contribution in [1.29, 1.82) is 0 Å². The number of nitrogens with zero attached hydrogens (tertiary/aromatic N) is 1. The molecular formula is C12H20N2OS. The Morgan fingerprint density at radius 2 is 2.38 bits per heavy atom. The van der Waals surface area contributed by atoms with E-state index in [9.17, 15) is 0 Å². The fraction of sp³-hybridized carbons (Fsp3) is 0.750. The van der Waals surface area contributed by atoms with Gasteiger partial charge in [-0.05, 0) is 25.3 Å². The zero-order valence-electron chi connectivity index (χ0n) is 9.82. The highest BCUT2D eigenvalue weighted by atomic mass is 32.1. The summed E-state index contributed by atoms with van der Waals surface area (Å²) in [6.07, 6.45) is 5.33. The summed E-state index contributed by atoms with van der Waals surface area (Å²) in [5.41, 5.74) is 0. The van der Waals surface area contributed by atoms with Gasteiger partial charge in [0.1, 0.15) is 0 Å². The van der Waals surface area contributed by atoms with E-state index < -0.39 is 0 Å². The maximum absolute atomic E-state index is 5.42. The molecule has 1 aliphatic rings. The summed E-state index contributed by atoms with van der Waals surface area (Å²) < 4.78 is 5.42. The van der Waals surface area contributed by atoms with Crippen molar-refractivity contribution < 1.29 is 4.74 Å². The van der Waals surface area contributed by atoms with Gasteiger partial charge in [-0.15, -0.1) is 11.3 Å². The lowest BCUT2D eigenvalue weighted by atomic mass is 9.90. The van der Waals surface area contributed by atoms with Crippen molar-refractivity contribution in [3.63, 3.8) is 0 Å². The largest absolute Gasteiger partial charge is 0.381 e. The van der Waals surface area contributed by atoms with Crippen LogP contribution in [0.1, 0.15) is 24.8 Å². The maximum Gasteiger partial charge on any atom is 0.0940 e. The summed E-state index contributed by atoms with van der Waals surface area (Å²) in [6.45, 7) is 5.05. The first kappa shape index (κ1) is 12.0. The molecule has 2 rings (SSSR count). The quantitative estimate of drug-likeness (QED) is 0.855. The number of hydrogen-bond acceptors (Lipinski definition) is 4. The number of thiazole rings is 1. The third kappa shape index (κ3) is 3.27. The number of ether oxygens (including phenoxy) is 1. The lowest BCUT2D eigenvalue weighted by Crippen LogP contribution is -2.40. The third-order valence-corrected chi connectivity index (χ3v) is 3.98. The van der Waals surface area contributed by atoms with Crippen LogP contribution in [-0.4, -0.2) is 30.8 Å². The lowest BCUT2D eigenvalue weighted by Gasteiger charge is -2.30. The standard InChI is InChI=1S/C12H20N2OS/c1-2-13-11(9-12-14-5-8-16-12)10-3-6-15-7-4-10/h5,8,10-11,13H,2-4,6-7,9H2,1H3. The van der Waals surface area contributed by atoms with E-state index in [1.165, 1.54) is 17.8 Å². The summed E-state index contributed by atoms with van der Waals surface area (Å²) in [7, 11) is 0. The van der Waals surface area contributed by atoms with Gasteiger partial charge >= 0.3 is 0 Å². The molecule has 0 radical (unpaired) electrons. The van der Waals surface area contributed by atoms with E-state index in [0.717, 1.165) is 32.1 Å². The average molecular weight is 240 g/mol.